The fourth-order valence-electron chi connectivity index (χ4n) is 3.32. The molecule has 1 N–H and O–H groups in total. The maximum Gasteiger partial charge on any atom is 0.324 e. The van der Waals surface area contributed by atoms with Gasteiger partial charge in [0.25, 0.3) is 0 Å². The first-order chi connectivity index (χ1) is 16.0. The third-order valence-corrected chi connectivity index (χ3v) is 6.46. The second-order valence-electron chi connectivity index (χ2n) is 7.69. The Kier molecular flexibility index (Phi) is 7.58. The van der Waals surface area contributed by atoms with E-state index in [-0.39, 0.29) is 17.1 Å². The van der Waals surface area contributed by atoms with Crippen LogP contribution < -0.4 is 10.2 Å². The zero-order valence-corrected chi connectivity index (χ0v) is 20.3. The van der Waals surface area contributed by atoms with Crippen LogP contribution in [0.1, 0.15) is 0 Å². The van der Waals surface area contributed by atoms with Crippen molar-refractivity contribution in [2.45, 2.75) is 4.90 Å². The number of benzene rings is 3. The second kappa shape index (κ2) is 10.2. The molecule has 3 aromatic rings. The molecule has 0 heterocycles. The molecule has 10 heteroatoms. The third kappa shape index (κ3) is 5.92. The Labute approximate surface area is 202 Å². The number of nitrogens with zero attached hydrogens (tertiary/aromatic N) is 2. The first-order valence-electron chi connectivity index (χ1n) is 10.1. The summed E-state index contributed by atoms with van der Waals surface area (Å²) in [7, 11) is -0.498. The molecule has 0 aliphatic rings. The Morgan fingerprint density at radius 2 is 1.65 bits per heavy atom. The summed E-state index contributed by atoms with van der Waals surface area (Å²) < 4.78 is 38.8. The number of nitrogens with one attached hydrogen (secondary N) is 1. The summed E-state index contributed by atoms with van der Waals surface area (Å²) in [6.07, 6.45) is 1.08. The summed E-state index contributed by atoms with van der Waals surface area (Å²) >= 11 is 5.87. The van der Waals surface area contributed by atoms with E-state index in [1.807, 2.05) is 0 Å². The Balaban J connectivity index is 1.70. The highest BCUT2D eigenvalue weighted by Crippen LogP contribution is 2.29. The lowest BCUT2D eigenvalue weighted by molar-refractivity contribution is -0.116. The molecule has 3 aromatic carbocycles. The first kappa shape index (κ1) is 25.2. The average Bonchev–Trinajstić information content (AvgIpc) is 2.79. The summed E-state index contributed by atoms with van der Waals surface area (Å²) in [5.74, 6) is -1.33. The first-order valence-corrected chi connectivity index (χ1v) is 12.4. The minimum absolute atomic E-state index is 0.0797. The van der Waals surface area contributed by atoms with Crippen molar-refractivity contribution in [1.82, 2.24) is 4.90 Å². The predicted molar refractivity (Wildman–Crippen MR) is 131 cm³/mol. The minimum atomic E-state index is -3.51. The molecule has 0 bridgehead atoms. The number of rotatable bonds is 6. The number of sulfone groups is 1. The molecule has 0 aromatic heterocycles. The van der Waals surface area contributed by atoms with Crippen molar-refractivity contribution in [2.75, 3.05) is 37.1 Å². The number of carbonyl (C=O) groups excluding carboxylic acids is 2. The van der Waals surface area contributed by atoms with Gasteiger partial charge in [0.2, 0.25) is 5.91 Å². The molecule has 0 saturated heterocycles. The normalized spacial score (nSPS) is 11.1. The lowest BCUT2D eigenvalue weighted by Gasteiger charge is -2.24. The van der Waals surface area contributed by atoms with Crippen molar-refractivity contribution >= 4 is 44.8 Å². The van der Waals surface area contributed by atoms with Crippen LogP contribution in [-0.2, 0) is 14.6 Å². The lowest BCUT2D eigenvalue weighted by Crippen LogP contribution is -2.42. The van der Waals surface area contributed by atoms with Gasteiger partial charge in [0.15, 0.2) is 9.84 Å². The highest BCUT2D eigenvalue weighted by Gasteiger charge is 2.20. The standard InChI is InChI=1S/C24H23ClFN3O4S/c1-28(24(31)29(2)18-11-9-17(25)10-12-18)15-23(30)27-21-13-8-16(14-20(21)26)19-6-4-5-7-22(19)34(3,32)33/h4-14H,15H2,1-3H3,(H,27,30). The molecule has 0 radical (unpaired) electrons. The fraction of sp³-hybridized carbons (Fsp3) is 0.167. The molecule has 34 heavy (non-hydrogen) atoms. The maximum absolute atomic E-state index is 14.7. The summed E-state index contributed by atoms with van der Waals surface area (Å²) in [6, 6.07) is 16.5. The molecular weight excluding hydrogens is 481 g/mol. The van der Waals surface area contributed by atoms with E-state index in [0.717, 1.165) is 12.3 Å². The maximum atomic E-state index is 14.7. The van der Waals surface area contributed by atoms with Gasteiger partial charge in [-0.3, -0.25) is 9.69 Å². The summed E-state index contributed by atoms with van der Waals surface area (Å²) in [5, 5.41) is 2.98. The van der Waals surface area contributed by atoms with Crippen LogP contribution in [0.2, 0.25) is 5.02 Å². The van der Waals surface area contributed by atoms with E-state index in [1.54, 1.807) is 49.5 Å². The zero-order valence-electron chi connectivity index (χ0n) is 18.7. The van der Waals surface area contributed by atoms with E-state index in [0.29, 0.717) is 21.8 Å². The highest BCUT2D eigenvalue weighted by molar-refractivity contribution is 7.90. The van der Waals surface area contributed by atoms with Crippen molar-refractivity contribution in [3.8, 4) is 11.1 Å². The van der Waals surface area contributed by atoms with Gasteiger partial charge in [-0.15, -0.1) is 0 Å². The molecule has 0 spiro atoms. The molecule has 0 fully saturated rings. The van der Waals surface area contributed by atoms with E-state index in [9.17, 15) is 22.4 Å². The molecule has 178 valence electrons. The van der Waals surface area contributed by atoms with Crippen molar-refractivity contribution < 1.29 is 22.4 Å². The van der Waals surface area contributed by atoms with Crippen molar-refractivity contribution in [3.05, 3.63) is 77.6 Å². The summed E-state index contributed by atoms with van der Waals surface area (Å²) in [5.41, 5.74) is 1.22. The van der Waals surface area contributed by atoms with E-state index in [1.165, 1.54) is 35.0 Å². The van der Waals surface area contributed by atoms with Crippen LogP contribution in [0.5, 0.6) is 0 Å². The molecule has 0 atom stereocenters. The van der Waals surface area contributed by atoms with Gasteiger partial charge in [0.05, 0.1) is 10.6 Å². The molecule has 0 aliphatic heterocycles. The number of carbonyl (C=O) groups is 2. The quantitative estimate of drug-likeness (QED) is 0.529. The van der Waals surface area contributed by atoms with Crippen LogP contribution in [0.4, 0.5) is 20.6 Å². The number of hydrogen-bond acceptors (Lipinski definition) is 4. The van der Waals surface area contributed by atoms with Gasteiger partial charge in [0.1, 0.15) is 12.4 Å². The van der Waals surface area contributed by atoms with Gasteiger partial charge < -0.3 is 10.2 Å². The fourth-order valence-corrected chi connectivity index (χ4v) is 4.35. The Morgan fingerprint density at radius 1 is 1.00 bits per heavy atom. The Morgan fingerprint density at radius 3 is 2.26 bits per heavy atom. The topological polar surface area (TPSA) is 86.8 Å². The summed E-state index contributed by atoms with van der Waals surface area (Å²) in [6.45, 7) is -0.311. The monoisotopic (exact) mass is 503 g/mol. The second-order valence-corrected chi connectivity index (χ2v) is 10.1. The number of amides is 3. The van der Waals surface area contributed by atoms with Gasteiger partial charge in [-0.1, -0.05) is 35.9 Å². The van der Waals surface area contributed by atoms with Gasteiger partial charge in [-0.05, 0) is 48.0 Å². The van der Waals surface area contributed by atoms with Gasteiger partial charge in [0, 0.05) is 36.6 Å². The minimum Gasteiger partial charge on any atom is -0.322 e. The number of hydrogen-bond donors (Lipinski definition) is 1. The molecule has 3 rings (SSSR count). The Bertz CT molecular complexity index is 1330. The van der Waals surface area contributed by atoms with E-state index >= 15 is 0 Å². The van der Waals surface area contributed by atoms with Crippen LogP contribution in [0.3, 0.4) is 0 Å². The lowest BCUT2D eigenvalue weighted by atomic mass is 10.0. The SMILES string of the molecule is CN(CC(=O)Nc1ccc(-c2ccccc2S(C)(=O)=O)cc1F)C(=O)N(C)c1ccc(Cl)cc1. The van der Waals surface area contributed by atoms with Gasteiger partial charge >= 0.3 is 6.03 Å². The van der Waals surface area contributed by atoms with Crippen LogP contribution in [0.15, 0.2) is 71.6 Å². The number of anilines is 2. The smallest absolute Gasteiger partial charge is 0.322 e. The van der Waals surface area contributed by atoms with Gasteiger partial charge in [-0.25, -0.2) is 17.6 Å². The predicted octanol–water partition coefficient (Wildman–Crippen LogP) is 4.68. The Hall–Kier alpha value is -3.43. The largest absolute Gasteiger partial charge is 0.324 e. The molecule has 0 aliphatic carbocycles. The highest BCUT2D eigenvalue weighted by atomic mass is 35.5. The number of urea groups is 1. The number of halogens is 2. The van der Waals surface area contributed by atoms with E-state index in [2.05, 4.69) is 5.32 Å². The molecular formula is C24H23ClFN3O4S. The van der Waals surface area contributed by atoms with E-state index in [4.69, 9.17) is 11.6 Å². The van der Waals surface area contributed by atoms with Gasteiger partial charge in [-0.2, -0.15) is 0 Å². The van der Waals surface area contributed by atoms with Crippen LogP contribution in [-0.4, -0.2) is 52.2 Å². The number of likely N-dealkylation sites (N-methyl/N-ethyl adjacent to an activating group) is 1. The van der Waals surface area contributed by atoms with Crippen LogP contribution >= 0.6 is 11.6 Å². The molecule has 0 saturated carbocycles. The van der Waals surface area contributed by atoms with Crippen molar-refractivity contribution in [1.29, 1.82) is 0 Å². The average molecular weight is 504 g/mol. The van der Waals surface area contributed by atoms with Crippen molar-refractivity contribution in [3.63, 3.8) is 0 Å². The van der Waals surface area contributed by atoms with Crippen LogP contribution in [0.25, 0.3) is 11.1 Å². The third-order valence-electron chi connectivity index (χ3n) is 5.05. The van der Waals surface area contributed by atoms with Crippen molar-refractivity contribution in [2.24, 2.45) is 0 Å². The van der Waals surface area contributed by atoms with Crippen LogP contribution in [0, 0.1) is 5.82 Å². The molecule has 3 amide bonds. The van der Waals surface area contributed by atoms with E-state index < -0.39 is 27.6 Å². The summed E-state index contributed by atoms with van der Waals surface area (Å²) in [4.78, 5) is 27.7. The molecule has 7 nitrogen and oxygen atoms in total. The molecule has 0 unspecified atom stereocenters. The zero-order chi connectivity index (χ0) is 25.0.